The first-order valence-corrected chi connectivity index (χ1v) is 9.11. The highest BCUT2D eigenvalue weighted by Crippen LogP contribution is 2.18. The van der Waals surface area contributed by atoms with Crippen LogP contribution >= 0.6 is 0 Å². The second-order valence-corrected chi connectivity index (χ2v) is 7.35. The van der Waals surface area contributed by atoms with Crippen LogP contribution in [0.2, 0.25) is 0 Å². The Morgan fingerprint density at radius 2 is 1.46 bits per heavy atom. The third-order valence-electron chi connectivity index (χ3n) is 4.87. The Morgan fingerprint density at radius 3 is 1.96 bits per heavy atom. The maximum absolute atomic E-state index is 12.7. The lowest BCUT2D eigenvalue weighted by atomic mass is 10.1. The molecular formula is C20H28N2O6. The van der Waals surface area contributed by atoms with E-state index in [4.69, 9.17) is 5.11 Å². The number of hydrogen-bond donors (Lipinski definition) is 4. The lowest BCUT2D eigenvalue weighted by Gasteiger charge is -2.23. The fourth-order valence-corrected chi connectivity index (χ4v) is 2.96. The quantitative estimate of drug-likeness (QED) is 0.383. The smallest absolute Gasteiger partial charge is 0.317 e. The molecule has 0 saturated carbocycles. The van der Waals surface area contributed by atoms with Crippen molar-refractivity contribution >= 4 is 11.0 Å². The first kappa shape index (κ1) is 22.0. The van der Waals surface area contributed by atoms with Crippen LogP contribution in [-0.4, -0.2) is 54.5 Å². The van der Waals surface area contributed by atoms with E-state index in [9.17, 15) is 24.9 Å². The van der Waals surface area contributed by atoms with Crippen molar-refractivity contribution in [2.45, 2.75) is 59.1 Å². The van der Waals surface area contributed by atoms with E-state index in [0.717, 1.165) is 21.3 Å². The van der Waals surface area contributed by atoms with Gasteiger partial charge in [-0.25, -0.2) is 0 Å². The summed E-state index contributed by atoms with van der Waals surface area (Å²) >= 11 is 0. The van der Waals surface area contributed by atoms with Gasteiger partial charge in [-0.15, -0.1) is 0 Å². The van der Waals surface area contributed by atoms with Crippen LogP contribution in [0.4, 0.5) is 0 Å². The zero-order chi connectivity index (χ0) is 21.2. The van der Waals surface area contributed by atoms with Gasteiger partial charge in [0.1, 0.15) is 18.3 Å². The summed E-state index contributed by atoms with van der Waals surface area (Å²) in [6.45, 7) is 6.67. The van der Waals surface area contributed by atoms with Gasteiger partial charge in [0, 0.05) is 6.54 Å². The van der Waals surface area contributed by atoms with Crippen LogP contribution in [0, 0.1) is 13.8 Å². The number of allylic oxidation sites excluding steroid dienone is 2. The van der Waals surface area contributed by atoms with E-state index in [1.54, 1.807) is 6.07 Å². The van der Waals surface area contributed by atoms with Gasteiger partial charge in [0.05, 0.1) is 24.2 Å². The number of nitrogens with zero attached hydrogens (tertiary/aromatic N) is 2. The lowest BCUT2D eigenvalue weighted by molar-refractivity contribution is -0.0805. The van der Waals surface area contributed by atoms with Gasteiger partial charge in [-0.2, -0.15) is 0 Å². The first-order valence-electron chi connectivity index (χ1n) is 9.11. The van der Waals surface area contributed by atoms with Crippen LogP contribution in [0.5, 0.6) is 0 Å². The van der Waals surface area contributed by atoms with Crippen molar-refractivity contribution in [2.24, 2.45) is 0 Å². The Bertz CT molecular complexity index is 1000. The van der Waals surface area contributed by atoms with Crippen LogP contribution < -0.4 is 11.1 Å². The number of fused-ring (bicyclic) bond motifs is 1. The molecule has 0 aliphatic rings. The predicted octanol–water partition coefficient (Wildman–Crippen LogP) is -0.179. The minimum absolute atomic E-state index is 0.241. The Balaban J connectivity index is 2.70. The van der Waals surface area contributed by atoms with Gasteiger partial charge in [0.2, 0.25) is 0 Å². The molecule has 0 bridgehead atoms. The average molecular weight is 392 g/mol. The van der Waals surface area contributed by atoms with E-state index < -0.39 is 42.6 Å². The maximum Gasteiger partial charge on any atom is 0.317 e. The number of benzene rings is 1. The van der Waals surface area contributed by atoms with Gasteiger partial charge < -0.3 is 20.4 Å². The number of rotatable bonds is 7. The molecule has 0 unspecified atom stereocenters. The minimum Gasteiger partial charge on any atom is -0.394 e. The van der Waals surface area contributed by atoms with Crippen LogP contribution in [-0.2, 0) is 13.1 Å². The SMILES string of the molecule is CC(C)=CCn1c(=O)c(=O)n(C[C@H](O)[C@H](O)[C@H](O)CO)c2cc(C)c(C)cc21. The molecule has 0 spiro atoms. The van der Waals surface area contributed by atoms with Crippen molar-refractivity contribution in [1.82, 2.24) is 9.13 Å². The molecule has 0 radical (unpaired) electrons. The third-order valence-corrected chi connectivity index (χ3v) is 4.87. The summed E-state index contributed by atoms with van der Waals surface area (Å²) in [4.78, 5) is 25.5. The summed E-state index contributed by atoms with van der Waals surface area (Å²) in [5, 5.41) is 38.6. The van der Waals surface area contributed by atoms with Crippen molar-refractivity contribution in [2.75, 3.05) is 6.61 Å². The topological polar surface area (TPSA) is 125 Å². The van der Waals surface area contributed by atoms with E-state index in [2.05, 4.69) is 0 Å². The highest BCUT2D eigenvalue weighted by molar-refractivity contribution is 5.77. The van der Waals surface area contributed by atoms with Crippen molar-refractivity contribution < 1.29 is 20.4 Å². The van der Waals surface area contributed by atoms with Gasteiger partial charge in [-0.05, 0) is 51.0 Å². The van der Waals surface area contributed by atoms with E-state index in [1.807, 2.05) is 39.8 Å². The van der Waals surface area contributed by atoms with Crippen molar-refractivity contribution in [3.8, 4) is 0 Å². The van der Waals surface area contributed by atoms with E-state index >= 15 is 0 Å². The Hall–Kier alpha value is -2.26. The highest BCUT2D eigenvalue weighted by atomic mass is 16.4. The second kappa shape index (κ2) is 8.83. The molecule has 0 aliphatic heterocycles. The largest absolute Gasteiger partial charge is 0.394 e. The molecule has 0 aliphatic carbocycles. The molecule has 3 atom stereocenters. The summed E-state index contributed by atoms with van der Waals surface area (Å²) in [5.41, 5.74) is 2.26. The van der Waals surface area contributed by atoms with Crippen LogP contribution in [0.25, 0.3) is 11.0 Å². The summed E-state index contributed by atoms with van der Waals surface area (Å²) in [6.07, 6.45) is -2.92. The Kier molecular flexibility index (Phi) is 6.95. The normalized spacial score (nSPS) is 14.7. The standard InChI is InChI=1S/C20H28N2O6/c1-11(2)5-6-21-14-7-12(3)13(4)8-15(14)22(20(28)19(21)27)9-16(24)18(26)17(25)10-23/h5,7-8,16-18,23-26H,6,9-10H2,1-4H3/t16-,17+,18-/m0/s1. The van der Waals surface area contributed by atoms with Gasteiger partial charge in [0.25, 0.3) is 0 Å². The minimum atomic E-state index is -1.66. The van der Waals surface area contributed by atoms with Crippen LogP contribution in [0.1, 0.15) is 25.0 Å². The summed E-state index contributed by atoms with van der Waals surface area (Å²) in [6, 6.07) is 3.57. The fourth-order valence-electron chi connectivity index (χ4n) is 2.96. The fraction of sp³-hybridized carbons (Fsp3) is 0.500. The molecule has 1 heterocycles. The number of aliphatic hydroxyl groups is 4. The molecule has 2 rings (SSSR count). The number of aliphatic hydroxyl groups excluding tert-OH is 4. The monoisotopic (exact) mass is 392 g/mol. The van der Waals surface area contributed by atoms with Crippen molar-refractivity contribution in [3.63, 3.8) is 0 Å². The zero-order valence-corrected chi connectivity index (χ0v) is 16.6. The van der Waals surface area contributed by atoms with Gasteiger partial charge in [-0.1, -0.05) is 11.6 Å². The molecule has 1 aromatic carbocycles. The second-order valence-electron chi connectivity index (χ2n) is 7.35. The zero-order valence-electron chi connectivity index (χ0n) is 16.6. The predicted molar refractivity (Wildman–Crippen MR) is 106 cm³/mol. The van der Waals surface area contributed by atoms with Gasteiger partial charge >= 0.3 is 11.1 Å². The van der Waals surface area contributed by atoms with Crippen molar-refractivity contribution in [3.05, 3.63) is 55.6 Å². The van der Waals surface area contributed by atoms with Gasteiger partial charge in [0.15, 0.2) is 0 Å². The summed E-state index contributed by atoms with van der Waals surface area (Å²) < 4.78 is 2.50. The molecule has 0 fully saturated rings. The molecule has 0 saturated heterocycles. The van der Waals surface area contributed by atoms with E-state index in [1.165, 1.54) is 4.57 Å². The molecule has 1 aromatic heterocycles. The summed E-state index contributed by atoms with van der Waals surface area (Å²) in [5.74, 6) is 0. The first-order chi connectivity index (χ1) is 13.1. The number of aromatic nitrogens is 2. The Morgan fingerprint density at radius 1 is 0.964 bits per heavy atom. The molecule has 28 heavy (non-hydrogen) atoms. The van der Waals surface area contributed by atoms with Crippen LogP contribution in [0.3, 0.4) is 0 Å². The molecule has 8 nitrogen and oxygen atoms in total. The lowest BCUT2D eigenvalue weighted by Crippen LogP contribution is -2.47. The molecule has 0 amide bonds. The highest BCUT2D eigenvalue weighted by Gasteiger charge is 2.26. The molecule has 154 valence electrons. The average Bonchev–Trinajstić information content (AvgIpc) is 2.65. The number of hydrogen-bond acceptors (Lipinski definition) is 6. The molecule has 4 N–H and O–H groups in total. The number of aryl methyl sites for hydroxylation is 2. The maximum atomic E-state index is 12.7. The van der Waals surface area contributed by atoms with E-state index in [0.29, 0.717) is 11.0 Å². The van der Waals surface area contributed by atoms with Crippen molar-refractivity contribution in [1.29, 1.82) is 0 Å². The molecule has 8 heteroatoms. The Labute approximate surface area is 162 Å². The molecule has 2 aromatic rings. The third kappa shape index (κ3) is 4.41. The van der Waals surface area contributed by atoms with Crippen LogP contribution in [0.15, 0.2) is 33.4 Å². The van der Waals surface area contributed by atoms with Gasteiger partial charge in [-0.3, -0.25) is 18.7 Å². The molecular weight excluding hydrogens is 364 g/mol. The van der Waals surface area contributed by atoms with E-state index in [-0.39, 0.29) is 6.54 Å². The summed E-state index contributed by atoms with van der Waals surface area (Å²) in [7, 11) is 0.